The van der Waals surface area contributed by atoms with Crippen molar-refractivity contribution in [2.75, 3.05) is 11.9 Å². The maximum Gasteiger partial charge on any atom is 0.339 e. The van der Waals surface area contributed by atoms with Gasteiger partial charge in [-0.1, -0.05) is 0 Å². The molecule has 0 saturated heterocycles. The third kappa shape index (κ3) is 2.48. The van der Waals surface area contributed by atoms with Crippen LogP contribution in [0.3, 0.4) is 0 Å². The second kappa shape index (κ2) is 4.87. The maximum absolute atomic E-state index is 11.1. The number of carboxylic acids is 1. The molecule has 0 spiro atoms. The monoisotopic (exact) mass is 247 g/mol. The molecule has 6 heteroatoms. The van der Waals surface area contributed by atoms with E-state index in [9.17, 15) is 4.79 Å². The van der Waals surface area contributed by atoms with Gasteiger partial charge in [-0.15, -0.1) is 5.10 Å². The van der Waals surface area contributed by atoms with E-state index in [0.29, 0.717) is 12.4 Å². The van der Waals surface area contributed by atoms with Crippen molar-refractivity contribution in [2.45, 2.75) is 13.5 Å². The summed E-state index contributed by atoms with van der Waals surface area (Å²) in [6.07, 6.45) is 1.36. The second-order valence-electron chi connectivity index (χ2n) is 3.94. The van der Waals surface area contributed by atoms with E-state index in [1.54, 1.807) is 11.9 Å². The molecule has 2 rings (SSSR count). The van der Waals surface area contributed by atoms with Gasteiger partial charge in [0.15, 0.2) is 5.82 Å². The van der Waals surface area contributed by atoms with Crippen molar-refractivity contribution in [2.24, 2.45) is 0 Å². The van der Waals surface area contributed by atoms with Crippen LogP contribution in [-0.4, -0.2) is 28.3 Å². The molecule has 94 valence electrons. The first-order chi connectivity index (χ1) is 8.58. The molecule has 0 aliphatic carbocycles. The Hall–Kier alpha value is -2.37. The number of hydrogen-bond donors (Lipinski definition) is 1. The van der Waals surface area contributed by atoms with Gasteiger partial charge in [-0.3, -0.25) is 0 Å². The predicted octanol–water partition coefficient (Wildman–Crippen LogP) is 1.71. The predicted molar refractivity (Wildman–Crippen MR) is 64.5 cm³/mol. The van der Waals surface area contributed by atoms with Crippen molar-refractivity contribution < 1.29 is 14.3 Å². The molecule has 0 radical (unpaired) electrons. The Balaban J connectivity index is 2.23. The number of nitrogens with zero attached hydrogens (tertiary/aromatic N) is 3. The van der Waals surface area contributed by atoms with Crippen molar-refractivity contribution in [3.05, 3.63) is 41.5 Å². The molecule has 0 aliphatic rings. The Morgan fingerprint density at radius 3 is 2.83 bits per heavy atom. The van der Waals surface area contributed by atoms with Crippen LogP contribution in [0.15, 0.2) is 28.8 Å². The zero-order valence-electron chi connectivity index (χ0n) is 10.1. The van der Waals surface area contributed by atoms with Gasteiger partial charge in [-0.2, -0.15) is 5.10 Å². The van der Waals surface area contributed by atoms with Gasteiger partial charge in [-0.05, 0) is 25.1 Å². The van der Waals surface area contributed by atoms with E-state index < -0.39 is 5.97 Å². The summed E-state index contributed by atoms with van der Waals surface area (Å²) in [6.45, 7) is 2.29. The molecule has 1 N–H and O–H groups in total. The van der Waals surface area contributed by atoms with Crippen molar-refractivity contribution in [1.29, 1.82) is 0 Å². The zero-order valence-corrected chi connectivity index (χ0v) is 10.1. The average molecular weight is 247 g/mol. The number of anilines is 1. The highest BCUT2D eigenvalue weighted by atomic mass is 16.4. The van der Waals surface area contributed by atoms with E-state index in [1.807, 2.05) is 19.1 Å². The molecule has 0 aliphatic heterocycles. The van der Waals surface area contributed by atoms with E-state index in [1.165, 1.54) is 12.3 Å². The Bertz CT molecular complexity index is 565. The Morgan fingerprint density at radius 1 is 1.44 bits per heavy atom. The number of carboxylic acid groups (broad SMARTS) is 1. The van der Waals surface area contributed by atoms with Gasteiger partial charge in [0, 0.05) is 7.05 Å². The van der Waals surface area contributed by atoms with Crippen molar-refractivity contribution in [3.63, 3.8) is 0 Å². The highest BCUT2D eigenvalue weighted by Gasteiger charge is 2.16. The minimum Gasteiger partial charge on any atom is -0.478 e. The van der Waals surface area contributed by atoms with E-state index >= 15 is 0 Å². The summed E-state index contributed by atoms with van der Waals surface area (Å²) >= 11 is 0. The Labute approximate surface area is 104 Å². The van der Waals surface area contributed by atoms with Gasteiger partial charge < -0.3 is 14.4 Å². The van der Waals surface area contributed by atoms with Gasteiger partial charge in [0.25, 0.3) is 0 Å². The van der Waals surface area contributed by atoms with Crippen LogP contribution in [0.25, 0.3) is 0 Å². The maximum atomic E-state index is 11.1. The molecule has 0 saturated carbocycles. The van der Waals surface area contributed by atoms with Crippen LogP contribution in [0.5, 0.6) is 0 Å². The highest BCUT2D eigenvalue weighted by Crippen LogP contribution is 2.18. The molecule has 0 aromatic carbocycles. The van der Waals surface area contributed by atoms with Crippen LogP contribution < -0.4 is 4.90 Å². The summed E-state index contributed by atoms with van der Waals surface area (Å²) < 4.78 is 5.44. The normalized spacial score (nSPS) is 10.3. The van der Waals surface area contributed by atoms with Gasteiger partial charge in [0.05, 0.1) is 12.7 Å². The van der Waals surface area contributed by atoms with E-state index in [0.717, 1.165) is 11.5 Å². The quantitative estimate of drug-likeness (QED) is 0.886. The summed E-state index contributed by atoms with van der Waals surface area (Å²) in [4.78, 5) is 12.8. The summed E-state index contributed by atoms with van der Waals surface area (Å²) in [5.74, 6) is 0.856. The van der Waals surface area contributed by atoms with Crippen LogP contribution >= 0.6 is 0 Å². The summed E-state index contributed by atoms with van der Waals surface area (Å²) in [6, 6.07) is 5.13. The molecular formula is C12H13N3O3. The second-order valence-corrected chi connectivity index (χ2v) is 3.94. The lowest BCUT2D eigenvalue weighted by atomic mass is 10.2. The van der Waals surface area contributed by atoms with Crippen LogP contribution in [0, 0.1) is 6.92 Å². The first-order valence-corrected chi connectivity index (χ1v) is 5.39. The minimum atomic E-state index is -1.03. The van der Waals surface area contributed by atoms with Crippen molar-refractivity contribution in [3.8, 4) is 0 Å². The lowest BCUT2D eigenvalue weighted by Crippen LogP contribution is -2.21. The van der Waals surface area contributed by atoms with Crippen molar-refractivity contribution >= 4 is 11.8 Å². The van der Waals surface area contributed by atoms with Crippen LogP contribution in [0.4, 0.5) is 5.82 Å². The van der Waals surface area contributed by atoms with Crippen LogP contribution in [0.2, 0.25) is 0 Å². The molecule has 2 heterocycles. The van der Waals surface area contributed by atoms with Crippen LogP contribution in [0.1, 0.15) is 21.9 Å². The molecule has 0 amide bonds. The lowest BCUT2D eigenvalue weighted by molar-refractivity contribution is 0.0697. The number of hydrogen-bond acceptors (Lipinski definition) is 5. The molecule has 2 aromatic heterocycles. The van der Waals surface area contributed by atoms with Crippen molar-refractivity contribution in [1.82, 2.24) is 10.2 Å². The fraction of sp³-hybridized carbons (Fsp3) is 0.250. The molecule has 0 atom stereocenters. The molecule has 0 unspecified atom stereocenters. The summed E-state index contributed by atoms with van der Waals surface area (Å²) in [5.41, 5.74) is 0.121. The SMILES string of the molecule is Cc1ccc(CN(C)c2nnccc2C(=O)O)o1. The number of aryl methyl sites for hydroxylation is 1. The van der Waals surface area contributed by atoms with E-state index in [2.05, 4.69) is 10.2 Å². The molecule has 0 bridgehead atoms. The molecule has 18 heavy (non-hydrogen) atoms. The first-order valence-electron chi connectivity index (χ1n) is 5.39. The fourth-order valence-corrected chi connectivity index (χ4v) is 1.65. The largest absolute Gasteiger partial charge is 0.478 e. The number of carbonyl (C=O) groups is 1. The number of furan rings is 1. The molecular weight excluding hydrogens is 234 g/mol. The first kappa shape index (κ1) is 12.1. The summed E-state index contributed by atoms with van der Waals surface area (Å²) in [7, 11) is 1.74. The Kier molecular flexibility index (Phi) is 3.27. The fourth-order valence-electron chi connectivity index (χ4n) is 1.65. The zero-order chi connectivity index (χ0) is 13.1. The number of rotatable bonds is 4. The number of aromatic nitrogens is 2. The van der Waals surface area contributed by atoms with Gasteiger partial charge in [-0.25, -0.2) is 4.79 Å². The third-order valence-electron chi connectivity index (χ3n) is 2.48. The van der Waals surface area contributed by atoms with E-state index in [-0.39, 0.29) is 5.56 Å². The summed E-state index contributed by atoms with van der Waals surface area (Å²) in [5, 5.41) is 16.6. The highest BCUT2D eigenvalue weighted by molar-refractivity contribution is 5.92. The average Bonchev–Trinajstić information content (AvgIpc) is 2.74. The molecule has 6 nitrogen and oxygen atoms in total. The topological polar surface area (TPSA) is 79.5 Å². The van der Waals surface area contributed by atoms with Gasteiger partial charge >= 0.3 is 5.97 Å². The minimum absolute atomic E-state index is 0.121. The lowest BCUT2D eigenvalue weighted by Gasteiger charge is -2.17. The molecule has 0 fully saturated rings. The smallest absolute Gasteiger partial charge is 0.339 e. The standard InChI is InChI=1S/C12H13N3O3/c1-8-3-4-9(18-8)7-15(2)11-10(12(16)17)5-6-13-14-11/h3-6H,7H2,1-2H3,(H,16,17). The Morgan fingerprint density at radius 2 is 2.22 bits per heavy atom. The van der Waals surface area contributed by atoms with Crippen LogP contribution in [-0.2, 0) is 6.54 Å². The van der Waals surface area contributed by atoms with Gasteiger partial charge in [0.2, 0.25) is 0 Å². The molecule has 2 aromatic rings. The van der Waals surface area contributed by atoms with E-state index in [4.69, 9.17) is 9.52 Å². The third-order valence-corrected chi connectivity index (χ3v) is 2.48. The van der Waals surface area contributed by atoms with Gasteiger partial charge in [0.1, 0.15) is 17.1 Å². The number of aromatic carboxylic acids is 1.